The molecule has 0 aliphatic carbocycles. The summed E-state index contributed by atoms with van der Waals surface area (Å²) in [7, 11) is 1.60. The molecule has 5 heteroatoms. The van der Waals surface area contributed by atoms with Crippen molar-refractivity contribution in [1.29, 1.82) is 0 Å². The van der Waals surface area contributed by atoms with Gasteiger partial charge in [0.1, 0.15) is 12.4 Å². The van der Waals surface area contributed by atoms with Crippen LogP contribution in [-0.4, -0.2) is 44.1 Å². The number of carbonyl (C=O) groups is 1. The molecule has 1 atom stereocenters. The zero-order valence-corrected chi connectivity index (χ0v) is 15.0. The maximum atomic E-state index is 12.1. The highest BCUT2D eigenvalue weighted by molar-refractivity contribution is 5.91. The molecule has 0 unspecified atom stereocenters. The van der Waals surface area contributed by atoms with Crippen molar-refractivity contribution in [3.63, 3.8) is 0 Å². The Kier molecular flexibility index (Phi) is 5.89. The molecule has 1 aliphatic heterocycles. The first-order valence-corrected chi connectivity index (χ1v) is 8.81. The van der Waals surface area contributed by atoms with Crippen LogP contribution in [0.2, 0.25) is 0 Å². The zero-order chi connectivity index (χ0) is 17.6. The number of likely N-dealkylation sites (tertiary alicyclic amines) is 1. The molecule has 1 aromatic heterocycles. The Bertz CT molecular complexity index is 710. The Morgan fingerprint density at radius 1 is 1.32 bits per heavy atom. The first-order valence-electron chi connectivity index (χ1n) is 8.81. The molecule has 3 rings (SSSR count). The Labute approximate surface area is 149 Å². The Balaban J connectivity index is 1.43. The molecule has 1 aliphatic rings. The highest BCUT2D eigenvalue weighted by Gasteiger charge is 2.24. The number of nitrogens with zero attached hydrogens (tertiary/aromatic N) is 1. The predicted molar refractivity (Wildman–Crippen MR) is 96.7 cm³/mol. The second kappa shape index (κ2) is 8.32. The molecule has 1 fully saturated rings. The van der Waals surface area contributed by atoms with E-state index in [9.17, 15) is 4.79 Å². The van der Waals surface area contributed by atoms with Crippen LogP contribution in [0, 0.1) is 6.92 Å². The number of benzene rings is 1. The molecule has 25 heavy (non-hydrogen) atoms. The number of carbonyl (C=O) groups excluding carboxylic acids is 1. The van der Waals surface area contributed by atoms with Gasteiger partial charge in [-0.15, -0.1) is 0 Å². The molecule has 0 radical (unpaired) electrons. The van der Waals surface area contributed by atoms with Crippen molar-refractivity contribution < 1.29 is 13.9 Å². The van der Waals surface area contributed by atoms with Gasteiger partial charge in [-0.2, -0.15) is 0 Å². The largest absolute Gasteiger partial charge is 0.453 e. The summed E-state index contributed by atoms with van der Waals surface area (Å²) in [6, 6.07) is 12.1. The quantitative estimate of drug-likeness (QED) is 0.840. The van der Waals surface area contributed by atoms with E-state index in [1.807, 2.05) is 0 Å². The topological polar surface area (TPSA) is 54.7 Å². The van der Waals surface area contributed by atoms with Gasteiger partial charge >= 0.3 is 0 Å². The van der Waals surface area contributed by atoms with Crippen molar-refractivity contribution in [1.82, 2.24) is 10.2 Å². The zero-order valence-electron chi connectivity index (χ0n) is 15.0. The average Bonchev–Trinajstić information content (AvgIpc) is 3.25. The summed E-state index contributed by atoms with van der Waals surface area (Å²) < 4.78 is 10.4. The smallest absolute Gasteiger partial charge is 0.287 e. The van der Waals surface area contributed by atoms with E-state index in [-0.39, 0.29) is 5.91 Å². The standard InChI is InChI=1S/C20H26N2O3/c1-15-5-3-4-6-18(15)16-9-11-22(13-16)12-10-21-20(23)19-8-7-17(25-19)14-24-2/h3-8,16H,9-14H2,1-2H3,(H,21,23)/t16-/m1/s1. The van der Waals surface area contributed by atoms with Crippen LogP contribution in [0.4, 0.5) is 0 Å². The van der Waals surface area contributed by atoms with Gasteiger partial charge in [0.2, 0.25) is 0 Å². The van der Waals surface area contributed by atoms with Crippen LogP contribution in [0.3, 0.4) is 0 Å². The second-order valence-corrected chi connectivity index (χ2v) is 6.60. The molecule has 2 aromatic rings. The Morgan fingerprint density at radius 3 is 2.96 bits per heavy atom. The third kappa shape index (κ3) is 4.50. The molecular formula is C20H26N2O3. The van der Waals surface area contributed by atoms with Gasteiger partial charge in [-0.25, -0.2) is 0 Å². The minimum absolute atomic E-state index is 0.169. The Hall–Kier alpha value is -2.11. The van der Waals surface area contributed by atoms with Crippen molar-refractivity contribution >= 4 is 5.91 Å². The number of aryl methyl sites for hydroxylation is 1. The van der Waals surface area contributed by atoms with Crippen molar-refractivity contribution in [2.24, 2.45) is 0 Å². The molecule has 5 nitrogen and oxygen atoms in total. The molecule has 1 saturated heterocycles. The molecule has 0 spiro atoms. The van der Waals surface area contributed by atoms with Crippen LogP contribution in [0.1, 0.15) is 39.8 Å². The van der Waals surface area contributed by atoms with Gasteiger partial charge in [-0.3, -0.25) is 4.79 Å². The molecular weight excluding hydrogens is 316 g/mol. The highest BCUT2D eigenvalue weighted by Crippen LogP contribution is 2.28. The maximum Gasteiger partial charge on any atom is 0.287 e. The van der Waals surface area contributed by atoms with Crippen LogP contribution in [0.5, 0.6) is 0 Å². The fourth-order valence-electron chi connectivity index (χ4n) is 3.47. The molecule has 1 aromatic carbocycles. The fourth-order valence-corrected chi connectivity index (χ4v) is 3.47. The number of amides is 1. The molecule has 134 valence electrons. The molecule has 2 heterocycles. The van der Waals surface area contributed by atoms with Crippen LogP contribution >= 0.6 is 0 Å². The van der Waals surface area contributed by atoms with Crippen molar-refractivity contribution in [2.75, 3.05) is 33.3 Å². The number of rotatable bonds is 7. The van der Waals surface area contributed by atoms with Gasteiger partial charge in [0.15, 0.2) is 5.76 Å². The SMILES string of the molecule is COCc1ccc(C(=O)NCCN2CC[C@@H](c3ccccc3C)C2)o1. The minimum Gasteiger partial charge on any atom is -0.453 e. The first kappa shape index (κ1) is 17.7. The van der Waals surface area contributed by atoms with E-state index in [0.29, 0.717) is 30.6 Å². The molecule has 0 saturated carbocycles. The average molecular weight is 342 g/mol. The normalized spacial score (nSPS) is 17.8. The predicted octanol–water partition coefficient (Wildman–Crippen LogP) is 2.95. The number of ether oxygens (including phenoxy) is 1. The fraction of sp³-hybridized carbons (Fsp3) is 0.450. The summed E-state index contributed by atoms with van der Waals surface area (Å²) >= 11 is 0. The number of hydrogen-bond donors (Lipinski definition) is 1. The van der Waals surface area contributed by atoms with Crippen molar-refractivity contribution in [3.8, 4) is 0 Å². The van der Waals surface area contributed by atoms with E-state index in [2.05, 4.69) is 41.4 Å². The summed E-state index contributed by atoms with van der Waals surface area (Å²) in [5, 5.41) is 2.93. The van der Waals surface area contributed by atoms with E-state index in [0.717, 1.165) is 19.6 Å². The Morgan fingerprint density at radius 2 is 2.16 bits per heavy atom. The first-order chi connectivity index (χ1) is 12.2. The van der Waals surface area contributed by atoms with E-state index >= 15 is 0 Å². The number of furan rings is 1. The molecule has 1 N–H and O–H groups in total. The van der Waals surface area contributed by atoms with Crippen molar-refractivity contribution in [2.45, 2.75) is 25.9 Å². The van der Waals surface area contributed by atoms with Gasteiger partial charge in [-0.05, 0) is 49.1 Å². The van der Waals surface area contributed by atoms with E-state index in [1.54, 1.807) is 19.2 Å². The van der Waals surface area contributed by atoms with Crippen LogP contribution in [-0.2, 0) is 11.3 Å². The second-order valence-electron chi connectivity index (χ2n) is 6.60. The van der Waals surface area contributed by atoms with Gasteiger partial charge in [0.05, 0.1) is 0 Å². The van der Waals surface area contributed by atoms with Crippen LogP contribution < -0.4 is 5.32 Å². The van der Waals surface area contributed by atoms with E-state index in [4.69, 9.17) is 9.15 Å². The van der Waals surface area contributed by atoms with Gasteiger partial charge < -0.3 is 19.4 Å². The lowest BCUT2D eigenvalue weighted by Crippen LogP contribution is -2.33. The van der Waals surface area contributed by atoms with Gasteiger partial charge in [-0.1, -0.05) is 24.3 Å². The molecule has 0 bridgehead atoms. The van der Waals surface area contributed by atoms with Crippen molar-refractivity contribution in [3.05, 3.63) is 59.0 Å². The minimum atomic E-state index is -0.169. The summed E-state index contributed by atoms with van der Waals surface area (Å²) in [5.41, 5.74) is 2.82. The number of hydrogen-bond acceptors (Lipinski definition) is 4. The third-order valence-corrected chi connectivity index (χ3v) is 4.79. The lowest BCUT2D eigenvalue weighted by Gasteiger charge is -2.17. The summed E-state index contributed by atoms with van der Waals surface area (Å²) in [5.74, 6) is 1.43. The van der Waals surface area contributed by atoms with E-state index in [1.165, 1.54) is 17.5 Å². The summed E-state index contributed by atoms with van der Waals surface area (Å²) in [4.78, 5) is 14.5. The lowest BCUT2D eigenvalue weighted by molar-refractivity contribution is 0.0913. The summed E-state index contributed by atoms with van der Waals surface area (Å²) in [6.07, 6.45) is 1.18. The van der Waals surface area contributed by atoms with Crippen LogP contribution in [0.25, 0.3) is 0 Å². The van der Waals surface area contributed by atoms with E-state index < -0.39 is 0 Å². The lowest BCUT2D eigenvalue weighted by atomic mass is 9.94. The van der Waals surface area contributed by atoms with Gasteiger partial charge in [0.25, 0.3) is 5.91 Å². The number of methoxy groups -OCH3 is 1. The molecule has 1 amide bonds. The third-order valence-electron chi connectivity index (χ3n) is 4.79. The van der Waals surface area contributed by atoms with Gasteiger partial charge in [0, 0.05) is 26.7 Å². The highest BCUT2D eigenvalue weighted by atomic mass is 16.5. The number of nitrogens with one attached hydrogen (secondary N) is 1. The maximum absolute atomic E-state index is 12.1. The summed E-state index contributed by atoms with van der Waals surface area (Å²) in [6.45, 7) is 6.17. The monoisotopic (exact) mass is 342 g/mol. The van der Waals surface area contributed by atoms with Crippen LogP contribution in [0.15, 0.2) is 40.8 Å².